The standard InChI is InChI=1S/C15H21F/c1-3-4-5-12-7-9-14-13(10-12)8-6-11(2)15(14)16/h6,8,12H,3-5,7,9-10H2,1-2H3. The molecule has 1 atom stereocenters. The lowest BCUT2D eigenvalue weighted by Gasteiger charge is -2.25. The van der Waals surface area contributed by atoms with Crippen LogP contribution in [-0.2, 0) is 12.8 Å². The van der Waals surface area contributed by atoms with Gasteiger partial charge in [0.2, 0.25) is 0 Å². The van der Waals surface area contributed by atoms with E-state index in [1.807, 2.05) is 13.0 Å². The van der Waals surface area contributed by atoms with Crippen molar-refractivity contribution in [2.45, 2.75) is 52.4 Å². The second kappa shape index (κ2) is 4.99. The first-order chi connectivity index (χ1) is 7.72. The smallest absolute Gasteiger partial charge is 0.129 e. The van der Waals surface area contributed by atoms with Gasteiger partial charge in [-0.3, -0.25) is 0 Å². The molecule has 0 heterocycles. The fourth-order valence-electron chi connectivity index (χ4n) is 2.74. The molecule has 0 N–H and O–H groups in total. The third-order valence-corrected chi connectivity index (χ3v) is 3.81. The summed E-state index contributed by atoms with van der Waals surface area (Å²) in [7, 11) is 0. The second-order valence-electron chi connectivity index (χ2n) is 5.09. The average molecular weight is 220 g/mol. The number of halogens is 1. The lowest BCUT2D eigenvalue weighted by Crippen LogP contribution is -2.16. The van der Waals surface area contributed by atoms with Gasteiger partial charge in [-0.15, -0.1) is 0 Å². The largest absolute Gasteiger partial charge is 0.206 e. The molecule has 88 valence electrons. The summed E-state index contributed by atoms with van der Waals surface area (Å²) in [6, 6.07) is 4.06. The van der Waals surface area contributed by atoms with Gasteiger partial charge < -0.3 is 0 Å². The molecule has 1 unspecified atom stereocenters. The lowest BCUT2D eigenvalue weighted by molar-refractivity contribution is 0.405. The predicted octanol–water partition coefficient (Wildman–Crippen LogP) is 4.43. The first kappa shape index (κ1) is 11.6. The topological polar surface area (TPSA) is 0 Å². The van der Waals surface area contributed by atoms with Crippen molar-refractivity contribution < 1.29 is 4.39 Å². The molecule has 2 rings (SSSR count). The Morgan fingerprint density at radius 1 is 1.38 bits per heavy atom. The maximum absolute atomic E-state index is 13.9. The van der Waals surface area contributed by atoms with Gasteiger partial charge >= 0.3 is 0 Å². The Balaban J connectivity index is 2.13. The molecule has 0 aromatic heterocycles. The second-order valence-corrected chi connectivity index (χ2v) is 5.09. The molecule has 0 nitrogen and oxygen atoms in total. The highest BCUT2D eigenvalue weighted by atomic mass is 19.1. The highest BCUT2D eigenvalue weighted by Crippen LogP contribution is 2.31. The molecule has 1 aliphatic rings. The van der Waals surface area contributed by atoms with Crippen molar-refractivity contribution in [3.63, 3.8) is 0 Å². The van der Waals surface area contributed by atoms with Crippen LogP contribution in [0.2, 0.25) is 0 Å². The predicted molar refractivity (Wildman–Crippen MR) is 66.2 cm³/mol. The molecule has 16 heavy (non-hydrogen) atoms. The number of aryl methyl sites for hydroxylation is 1. The summed E-state index contributed by atoms with van der Waals surface area (Å²) in [6.45, 7) is 4.10. The number of unbranched alkanes of at least 4 members (excludes halogenated alkanes) is 1. The minimum absolute atomic E-state index is 0.0476. The molecule has 0 spiro atoms. The Hall–Kier alpha value is -0.850. The molecule has 0 saturated carbocycles. The molecule has 0 aliphatic heterocycles. The van der Waals surface area contributed by atoms with Crippen LogP contribution in [0.5, 0.6) is 0 Å². The number of rotatable bonds is 3. The highest BCUT2D eigenvalue weighted by molar-refractivity contribution is 5.35. The van der Waals surface area contributed by atoms with E-state index in [2.05, 4.69) is 13.0 Å². The van der Waals surface area contributed by atoms with Crippen LogP contribution in [0.3, 0.4) is 0 Å². The zero-order valence-corrected chi connectivity index (χ0v) is 10.4. The van der Waals surface area contributed by atoms with Gasteiger partial charge in [0.25, 0.3) is 0 Å². The zero-order valence-electron chi connectivity index (χ0n) is 10.4. The zero-order chi connectivity index (χ0) is 11.5. The van der Waals surface area contributed by atoms with E-state index >= 15 is 0 Å². The van der Waals surface area contributed by atoms with Crippen LogP contribution in [0, 0.1) is 18.7 Å². The minimum Gasteiger partial charge on any atom is -0.206 e. The number of hydrogen-bond donors (Lipinski definition) is 0. The van der Waals surface area contributed by atoms with E-state index in [0.29, 0.717) is 0 Å². The Morgan fingerprint density at radius 3 is 2.94 bits per heavy atom. The normalized spacial score (nSPS) is 19.6. The SMILES string of the molecule is CCCCC1CCc2c(ccc(C)c2F)C1. The van der Waals surface area contributed by atoms with Crippen molar-refractivity contribution >= 4 is 0 Å². The molecule has 0 fully saturated rings. The van der Waals surface area contributed by atoms with Gasteiger partial charge in [0.15, 0.2) is 0 Å². The fourth-order valence-corrected chi connectivity index (χ4v) is 2.74. The number of hydrogen-bond acceptors (Lipinski definition) is 0. The van der Waals surface area contributed by atoms with Crippen LogP contribution in [0.1, 0.15) is 49.3 Å². The summed E-state index contributed by atoms with van der Waals surface area (Å²) in [4.78, 5) is 0. The summed E-state index contributed by atoms with van der Waals surface area (Å²) in [6.07, 6.45) is 7.10. The molecule has 1 aromatic carbocycles. The van der Waals surface area contributed by atoms with Crippen LogP contribution in [-0.4, -0.2) is 0 Å². The Kier molecular flexibility index (Phi) is 3.63. The Labute approximate surface area is 97.9 Å². The van der Waals surface area contributed by atoms with Crippen LogP contribution in [0.15, 0.2) is 12.1 Å². The van der Waals surface area contributed by atoms with E-state index in [9.17, 15) is 4.39 Å². The maximum Gasteiger partial charge on any atom is 0.129 e. The molecule has 1 heteroatoms. The molecular weight excluding hydrogens is 199 g/mol. The summed E-state index contributed by atoms with van der Waals surface area (Å²) in [5.74, 6) is 0.834. The van der Waals surface area contributed by atoms with Crippen LogP contribution < -0.4 is 0 Å². The molecular formula is C15H21F. The number of fused-ring (bicyclic) bond motifs is 1. The van der Waals surface area contributed by atoms with Crippen molar-refractivity contribution in [2.24, 2.45) is 5.92 Å². The summed E-state index contributed by atoms with van der Waals surface area (Å²) < 4.78 is 13.9. The third-order valence-electron chi connectivity index (χ3n) is 3.81. The maximum atomic E-state index is 13.9. The summed E-state index contributed by atoms with van der Waals surface area (Å²) in [5, 5.41) is 0. The van der Waals surface area contributed by atoms with Crippen LogP contribution in [0.4, 0.5) is 4.39 Å². The Bertz CT molecular complexity index is 368. The van der Waals surface area contributed by atoms with Crippen molar-refractivity contribution in [1.82, 2.24) is 0 Å². The van der Waals surface area contributed by atoms with Gasteiger partial charge in [0.05, 0.1) is 0 Å². The summed E-state index contributed by atoms with van der Waals surface area (Å²) >= 11 is 0. The summed E-state index contributed by atoms with van der Waals surface area (Å²) in [5.41, 5.74) is 3.05. The van der Waals surface area contributed by atoms with Gasteiger partial charge in [-0.1, -0.05) is 38.3 Å². The lowest BCUT2D eigenvalue weighted by atomic mass is 9.80. The molecule has 1 aromatic rings. The minimum atomic E-state index is 0.0476. The van der Waals surface area contributed by atoms with E-state index in [1.54, 1.807) is 0 Å². The number of benzene rings is 1. The first-order valence-electron chi connectivity index (χ1n) is 6.49. The van der Waals surface area contributed by atoms with Crippen molar-refractivity contribution in [2.75, 3.05) is 0 Å². The van der Waals surface area contributed by atoms with Crippen molar-refractivity contribution in [3.05, 3.63) is 34.6 Å². The Morgan fingerprint density at radius 2 is 2.19 bits per heavy atom. The van der Waals surface area contributed by atoms with Gasteiger partial charge in [0, 0.05) is 0 Å². The van der Waals surface area contributed by atoms with Crippen molar-refractivity contribution in [1.29, 1.82) is 0 Å². The van der Waals surface area contributed by atoms with Gasteiger partial charge in [-0.2, -0.15) is 0 Å². The van der Waals surface area contributed by atoms with Crippen LogP contribution >= 0.6 is 0 Å². The van der Waals surface area contributed by atoms with Gasteiger partial charge in [0.1, 0.15) is 5.82 Å². The van der Waals surface area contributed by atoms with E-state index in [4.69, 9.17) is 0 Å². The van der Waals surface area contributed by atoms with E-state index in [0.717, 1.165) is 29.9 Å². The van der Waals surface area contributed by atoms with Gasteiger partial charge in [-0.05, 0) is 48.8 Å². The third kappa shape index (κ3) is 2.28. The highest BCUT2D eigenvalue weighted by Gasteiger charge is 2.21. The monoisotopic (exact) mass is 220 g/mol. The van der Waals surface area contributed by atoms with E-state index in [-0.39, 0.29) is 5.82 Å². The molecule has 0 bridgehead atoms. The molecule has 0 saturated heterocycles. The molecule has 1 aliphatic carbocycles. The van der Waals surface area contributed by atoms with Gasteiger partial charge in [-0.25, -0.2) is 4.39 Å². The van der Waals surface area contributed by atoms with Crippen molar-refractivity contribution in [3.8, 4) is 0 Å². The van der Waals surface area contributed by atoms with E-state index < -0.39 is 0 Å². The molecule has 0 radical (unpaired) electrons. The van der Waals surface area contributed by atoms with E-state index in [1.165, 1.54) is 31.2 Å². The first-order valence-corrected chi connectivity index (χ1v) is 6.49. The molecule has 0 amide bonds. The quantitative estimate of drug-likeness (QED) is 0.707. The van der Waals surface area contributed by atoms with Crippen LogP contribution in [0.25, 0.3) is 0 Å². The average Bonchev–Trinajstić information content (AvgIpc) is 2.31. The fraction of sp³-hybridized carbons (Fsp3) is 0.600.